The highest BCUT2D eigenvalue weighted by Gasteiger charge is 2.50. The molecular formula is C29H29BO10. The van der Waals surface area contributed by atoms with Gasteiger partial charge in [-0.1, -0.05) is 42.5 Å². The summed E-state index contributed by atoms with van der Waals surface area (Å²) < 4.78 is 33.8. The van der Waals surface area contributed by atoms with Gasteiger partial charge in [0.1, 0.15) is 28.6 Å². The first-order valence-electron chi connectivity index (χ1n) is 12.7. The number of hydrogen-bond acceptors (Lipinski definition) is 9. The lowest BCUT2D eigenvalue weighted by Crippen LogP contribution is -2.43. The van der Waals surface area contributed by atoms with Crippen LogP contribution in [0.2, 0.25) is 0 Å². The summed E-state index contributed by atoms with van der Waals surface area (Å²) in [5.74, 6) is -2.51. The van der Waals surface area contributed by atoms with Crippen LogP contribution >= 0.6 is 0 Å². The first-order chi connectivity index (χ1) is 19.1. The second kappa shape index (κ2) is 12.6. The van der Waals surface area contributed by atoms with Crippen molar-refractivity contribution in [1.82, 2.24) is 0 Å². The largest absolute Gasteiger partial charge is 0.569 e. The van der Waals surface area contributed by atoms with Gasteiger partial charge in [-0.2, -0.15) is 0 Å². The van der Waals surface area contributed by atoms with E-state index in [2.05, 4.69) is 0 Å². The van der Waals surface area contributed by atoms with Crippen molar-refractivity contribution < 1.29 is 47.7 Å². The molecule has 10 nitrogen and oxygen atoms in total. The van der Waals surface area contributed by atoms with E-state index in [1.165, 1.54) is 0 Å². The maximum Gasteiger partial charge on any atom is 0.569 e. The number of carboxylic acid groups (broad SMARTS) is 1. The van der Waals surface area contributed by atoms with Gasteiger partial charge in [0.2, 0.25) is 6.10 Å². The van der Waals surface area contributed by atoms with Crippen LogP contribution in [0, 0.1) is 0 Å². The molecule has 4 rings (SSSR count). The fraction of sp³-hybridized carbons (Fsp3) is 0.276. The number of ether oxygens (including phenoxy) is 4. The van der Waals surface area contributed by atoms with Gasteiger partial charge in [-0.15, -0.1) is 0 Å². The molecule has 3 aromatic carbocycles. The maximum atomic E-state index is 13.4. The summed E-state index contributed by atoms with van der Waals surface area (Å²) in [5.41, 5.74) is 0.238. The summed E-state index contributed by atoms with van der Waals surface area (Å²) in [5, 5.41) is 9.93. The number of carbonyl (C=O) groups is 3. The summed E-state index contributed by atoms with van der Waals surface area (Å²) in [6.07, 6.45) is -4.37. The van der Waals surface area contributed by atoms with Crippen molar-refractivity contribution in [3.8, 4) is 23.0 Å². The Morgan fingerprint density at radius 1 is 0.825 bits per heavy atom. The number of aliphatic carboxylic acids is 1. The van der Waals surface area contributed by atoms with Crippen LogP contribution in [0.1, 0.15) is 38.1 Å². The summed E-state index contributed by atoms with van der Waals surface area (Å²) in [7, 11) is -1.30. The molecule has 1 fully saturated rings. The van der Waals surface area contributed by atoms with E-state index in [0.29, 0.717) is 17.0 Å². The van der Waals surface area contributed by atoms with Crippen LogP contribution in [0.3, 0.4) is 0 Å². The van der Waals surface area contributed by atoms with Gasteiger partial charge in [-0.3, -0.25) is 4.79 Å². The van der Waals surface area contributed by atoms with Crippen LogP contribution in [-0.4, -0.2) is 54.5 Å². The Balaban J connectivity index is 1.59. The second-order valence-corrected chi connectivity index (χ2v) is 9.41. The predicted molar refractivity (Wildman–Crippen MR) is 144 cm³/mol. The van der Waals surface area contributed by atoms with Gasteiger partial charge >= 0.3 is 25.0 Å². The molecule has 11 heteroatoms. The van der Waals surface area contributed by atoms with Crippen molar-refractivity contribution >= 4 is 30.5 Å². The number of carboxylic acids is 1. The molecule has 40 heavy (non-hydrogen) atoms. The Labute approximate surface area is 231 Å². The highest BCUT2D eigenvalue weighted by molar-refractivity contribution is 6.65. The first-order valence-corrected chi connectivity index (χ1v) is 12.7. The van der Waals surface area contributed by atoms with Crippen LogP contribution in [-0.2, 0) is 23.6 Å². The molecule has 0 spiro atoms. The molecule has 3 aromatic rings. The SMILES string of the molecule is CC(C)Oc1cccc(OC(C)C)c1C(=O)OC(C(=O)O)C1OB(c2ccccc2Oc2ccccc2)OC1=O. The van der Waals surface area contributed by atoms with Crippen LogP contribution in [0.5, 0.6) is 23.0 Å². The van der Waals surface area contributed by atoms with Gasteiger partial charge in [0.15, 0.2) is 6.10 Å². The molecule has 0 radical (unpaired) electrons. The average Bonchev–Trinajstić information content (AvgIpc) is 3.28. The van der Waals surface area contributed by atoms with Crippen molar-refractivity contribution in [1.29, 1.82) is 0 Å². The number of para-hydroxylation sites is 2. The molecule has 1 N–H and O–H groups in total. The third-order valence-corrected chi connectivity index (χ3v) is 5.54. The minimum atomic E-state index is -2.02. The van der Waals surface area contributed by atoms with Crippen molar-refractivity contribution in [2.45, 2.75) is 52.1 Å². The van der Waals surface area contributed by atoms with Gasteiger partial charge in [-0.05, 0) is 58.0 Å². The topological polar surface area (TPSA) is 127 Å². The van der Waals surface area contributed by atoms with Crippen LogP contribution in [0.4, 0.5) is 0 Å². The summed E-state index contributed by atoms with van der Waals surface area (Å²) in [4.78, 5) is 38.4. The van der Waals surface area contributed by atoms with Gasteiger partial charge < -0.3 is 33.4 Å². The zero-order valence-corrected chi connectivity index (χ0v) is 22.4. The molecule has 0 amide bonds. The number of benzene rings is 3. The Morgan fingerprint density at radius 2 is 1.40 bits per heavy atom. The Hall–Kier alpha value is -4.51. The van der Waals surface area contributed by atoms with Gasteiger partial charge in [0.05, 0.1) is 12.2 Å². The van der Waals surface area contributed by atoms with E-state index < -0.39 is 37.2 Å². The lowest BCUT2D eigenvalue weighted by molar-refractivity contribution is -0.158. The Morgan fingerprint density at radius 3 is 2.00 bits per heavy atom. The van der Waals surface area contributed by atoms with E-state index >= 15 is 0 Å². The maximum absolute atomic E-state index is 13.4. The molecule has 0 aliphatic carbocycles. The van der Waals surface area contributed by atoms with E-state index in [4.69, 9.17) is 28.3 Å². The highest BCUT2D eigenvalue weighted by Crippen LogP contribution is 2.32. The third kappa shape index (κ3) is 6.73. The zero-order valence-electron chi connectivity index (χ0n) is 22.4. The summed E-state index contributed by atoms with van der Waals surface area (Å²) >= 11 is 0. The average molecular weight is 548 g/mol. The van der Waals surface area contributed by atoms with Crippen molar-refractivity contribution in [2.24, 2.45) is 0 Å². The van der Waals surface area contributed by atoms with Crippen molar-refractivity contribution in [2.75, 3.05) is 0 Å². The van der Waals surface area contributed by atoms with Gasteiger partial charge in [0.25, 0.3) is 0 Å². The van der Waals surface area contributed by atoms with E-state index in [-0.39, 0.29) is 29.3 Å². The highest BCUT2D eigenvalue weighted by atomic mass is 16.7. The molecule has 1 saturated heterocycles. The van der Waals surface area contributed by atoms with E-state index in [0.717, 1.165) is 0 Å². The molecule has 2 atom stereocenters. The minimum Gasteiger partial charge on any atom is -0.504 e. The Kier molecular flexibility index (Phi) is 8.95. The second-order valence-electron chi connectivity index (χ2n) is 9.41. The molecule has 0 saturated carbocycles. The molecular weight excluding hydrogens is 519 g/mol. The van der Waals surface area contributed by atoms with Gasteiger partial charge in [0, 0.05) is 5.46 Å². The van der Waals surface area contributed by atoms with Crippen LogP contribution < -0.4 is 19.7 Å². The lowest BCUT2D eigenvalue weighted by atomic mass is 9.78. The summed E-state index contributed by atoms with van der Waals surface area (Å²) in [6.45, 7) is 7.08. The monoisotopic (exact) mass is 548 g/mol. The Bertz CT molecular complexity index is 1330. The number of esters is 1. The van der Waals surface area contributed by atoms with Gasteiger partial charge in [-0.25, -0.2) is 9.59 Å². The predicted octanol–water partition coefficient (Wildman–Crippen LogP) is 4.00. The fourth-order valence-corrected chi connectivity index (χ4v) is 3.94. The van der Waals surface area contributed by atoms with E-state index in [1.54, 1.807) is 94.4 Å². The van der Waals surface area contributed by atoms with E-state index in [1.807, 2.05) is 6.07 Å². The van der Waals surface area contributed by atoms with Crippen molar-refractivity contribution in [3.05, 3.63) is 78.4 Å². The molecule has 1 aliphatic heterocycles. The molecule has 208 valence electrons. The summed E-state index contributed by atoms with van der Waals surface area (Å²) in [6, 6.07) is 20.3. The molecule has 0 bridgehead atoms. The van der Waals surface area contributed by atoms with Crippen LogP contribution in [0.25, 0.3) is 0 Å². The molecule has 1 heterocycles. The molecule has 0 aromatic heterocycles. The number of hydrogen-bond donors (Lipinski definition) is 1. The van der Waals surface area contributed by atoms with Crippen molar-refractivity contribution in [3.63, 3.8) is 0 Å². The third-order valence-electron chi connectivity index (χ3n) is 5.54. The minimum absolute atomic E-state index is 0.110. The number of rotatable bonds is 11. The fourth-order valence-electron chi connectivity index (χ4n) is 3.94. The standard InChI is InChI=1S/C29H29BO10/c1-17(2)35-22-15-10-16-23(36-18(3)4)24(22)28(33)38-25(27(31)32)26-29(34)40-30(39-26)20-13-8-9-14-21(20)37-19-11-6-5-7-12-19/h5-18,25-26H,1-4H3,(H,31,32). The first kappa shape index (κ1) is 28.5. The molecule has 2 unspecified atom stereocenters. The molecule has 1 aliphatic rings. The zero-order chi connectivity index (χ0) is 28.8. The van der Waals surface area contributed by atoms with Crippen LogP contribution in [0.15, 0.2) is 72.8 Å². The lowest BCUT2D eigenvalue weighted by Gasteiger charge is -2.21. The smallest absolute Gasteiger partial charge is 0.504 e. The van der Waals surface area contributed by atoms with E-state index in [9.17, 15) is 19.5 Å². The number of carbonyl (C=O) groups excluding carboxylic acids is 2. The quantitative estimate of drug-likeness (QED) is 0.278. The normalized spacial score (nSPS) is 15.5.